The van der Waals surface area contributed by atoms with Gasteiger partial charge in [0, 0.05) is 18.8 Å². The summed E-state index contributed by atoms with van der Waals surface area (Å²) in [5.41, 5.74) is 9.09. The van der Waals surface area contributed by atoms with E-state index in [1.54, 1.807) is 12.1 Å². The Hall–Kier alpha value is -2.21. The molecule has 0 atom stereocenters. The fourth-order valence-electron chi connectivity index (χ4n) is 3.45. The lowest BCUT2D eigenvalue weighted by atomic mass is 9.89. The number of nitrogens with two attached hydrogens (primary N) is 1. The molecular formula is C22H29F3N2O. The number of piperidine rings is 1. The van der Waals surface area contributed by atoms with Gasteiger partial charge in [0.2, 0.25) is 0 Å². The van der Waals surface area contributed by atoms with E-state index in [-0.39, 0.29) is 5.75 Å². The van der Waals surface area contributed by atoms with Gasteiger partial charge in [0.15, 0.2) is 0 Å². The fraction of sp³-hybridized carbons (Fsp3) is 0.455. The van der Waals surface area contributed by atoms with Gasteiger partial charge in [0.1, 0.15) is 5.75 Å². The summed E-state index contributed by atoms with van der Waals surface area (Å²) in [6, 6.07) is 14.8. The lowest BCUT2D eigenvalue weighted by Gasteiger charge is -2.34. The highest BCUT2D eigenvalue weighted by molar-refractivity contribution is 5.48. The van der Waals surface area contributed by atoms with Crippen molar-refractivity contribution < 1.29 is 17.9 Å². The van der Waals surface area contributed by atoms with Crippen LogP contribution in [0.3, 0.4) is 0 Å². The first-order valence-corrected chi connectivity index (χ1v) is 9.84. The Kier molecular flexibility index (Phi) is 8.18. The van der Waals surface area contributed by atoms with E-state index in [2.05, 4.69) is 33.9 Å². The fourth-order valence-corrected chi connectivity index (χ4v) is 3.45. The van der Waals surface area contributed by atoms with Gasteiger partial charge < -0.3 is 15.4 Å². The van der Waals surface area contributed by atoms with Crippen LogP contribution in [-0.4, -0.2) is 26.0 Å². The van der Waals surface area contributed by atoms with Gasteiger partial charge in [0.05, 0.1) is 0 Å². The normalized spacial score (nSPS) is 15.0. The molecule has 0 spiro atoms. The summed E-state index contributed by atoms with van der Waals surface area (Å²) in [7, 11) is 0. The maximum Gasteiger partial charge on any atom is 0.573 e. The van der Waals surface area contributed by atoms with Crippen molar-refractivity contribution in [3.63, 3.8) is 0 Å². The zero-order valence-electron chi connectivity index (χ0n) is 16.5. The minimum atomic E-state index is -4.65. The van der Waals surface area contributed by atoms with Crippen molar-refractivity contribution in [2.45, 2.75) is 45.4 Å². The van der Waals surface area contributed by atoms with Gasteiger partial charge in [-0.25, -0.2) is 0 Å². The predicted octanol–water partition coefficient (Wildman–Crippen LogP) is 5.50. The summed E-state index contributed by atoms with van der Waals surface area (Å²) < 4.78 is 40.6. The summed E-state index contributed by atoms with van der Waals surface area (Å²) in [4.78, 5) is 2.35. The summed E-state index contributed by atoms with van der Waals surface area (Å²) in [5, 5.41) is 0. The molecule has 2 aromatic rings. The number of ether oxygens (including phenoxy) is 1. The van der Waals surface area contributed by atoms with E-state index in [4.69, 9.17) is 5.73 Å². The number of halogens is 3. The van der Waals surface area contributed by atoms with Crippen molar-refractivity contribution in [1.82, 2.24) is 0 Å². The van der Waals surface area contributed by atoms with Gasteiger partial charge in [-0.2, -0.15) is 0 Å². The Morgan fingerprint density at radius 3 is 2.04 bits per heavy atom. The van der Waals surface area contributed by atoms with Gasteiger partial charge in [0.25, 0.3) is 0 Å². The molecule has 1 aliphatic heterocycles. The van der Waals surface area contributed by atoms with Gasteiger partial charge in [-0.1, -0.05) is 38.1 Å². The molecule has 0 aliphatic carbocycles. The average Bonchev–Trinajstić information content (AvgIpc) is 2.70. The third-order valence-corrected chi connectivity index (χ3v) is 4.81. The lowest BCUT2D eigenvalue weighted by Crippen LogP contribution is -2.32. The van der Waals surface area contributed by atoms with Crippen LogP contribution in [-0.2, 0) is 6.42 Å². The van der Waals surface area contributed by atoms with Gasteiger partial charge in [-0.15, -0.1) is 13.2 Å². The lowest BCUT2D eigenvalue weighted by molar-refractivity contribution is -0.274. The first-order chi connectivity index (χ1) is 13.4. The second-order valence-electron chi connectivity index (χ2n) is 6.58. The molecule has 0 radical (unpaired) electrons. The Labute approximate surface area is 165 Å². The predicted molar refractivity (Wildman–Crippen MR) is 108 cm³/mol. The van der Waals surface area contributed by atoms with E-state index in [0.717, 1.165) is 37.9 Å². The molecule has 0 unspecified atom stereocenters. The highest BCUT2D eigenvalue weighted by Gasteiger charge is 2.31. The molecule has 2 aromatic carbocycles. The number of alkyl halides is 3. The van der Waals surface area contributed by atoms with Crippen LogP contribution >= 0.6 is 0 Å². The van der Waals surface area contributed by atoms with Gasteiger partial charge in [-0.05, 0) is 67.1 Å². The molecule has 154 valence electrons. The van der Waals surface area contributed by atoms with Crippen LogP contribution in [0.25, 0.3) is 0 Å². The van der Waals surface area contributed by atoms with Crippen molar-refractivity contribution in [2.24, 2.45) is 5.73 Å². The second-order valence-corrected chi connectivity index (χ2v) is 6.58. The zero-order chi connectivity index (χ0) is 20.6. The van der Waals surface area contributed by atoms with E-state index >= 15 is 0 Å². The second kappa shape index (κ2) is 10.4. The largest absolute Gasteiger partial charge is 0.573 e. The number of benzene rings is 2. The zero-order valence-corrected chi connectivity index (χ0v) is 16.5. The quantitative estimate of drug-likeness (QED) is 0.728. The standard InChI is InChI=1S/C20H23F3N2O.C2H6/c21-20(22,23)26-19-7-3-16(4-8-19)17-10-13-25(14-11-17)18-5-1-15(2-6-18)9-12-24;1-2/h1-8,17H,9-14,24H2;1-2H3. The molecule has 28 heavy (non-hydrogen) atoms. The topological polar surface area (TPSA) is 38.5 Å². The Morgan fingerprint density at radius 1 is 0.964 bits per heavy atom. The summed E-state index contributed by atoms with van der Waals surface area (Å²) in [5.74, 6) is 0.193. The number of rotatable bonds is 5. The van der Waals surface area contributed by atoms with Crippen molar-refractivity contribution in [2.75, 3.05) is 24.5 Å². The van der Waals surface area contributed by atoms with Crippen LogP contribution < -0.4 is 15.4 Å². The molecule has 1 saturated heterocycles. The van der Waals surface area contributed by atoms with Gasteiger partial charge in [-0.3, -0.25) is 0 Å². The Bertz CT molecular complexity index is 691. The number of anilines is 1. The SMILES string of the molecule is CC.NCCc1ccc(N2CCC(c3ccc(OC(F)(F)F)cc3)CC2)cc1. The van der Waals surface area contributed by atoms with E-state index in [1.807, 2.05) is 13.8 Å². The first-order valence-electron chi connectivity index (χ1n) is 9.84. The highest BCUT2D eigenvalue weighted by atomic mass is 19.4. The van der Waals surface area contributed by atoms with Crippen molar-refractivity contribution >= 4 is 5.69 Å². The maximum atomic E-state index is 12.2. The number of nitrogens with zero attached hydrogens (tertiary/aromatic N) is 1. The molecular weight excluding hydrogens is 365 g/mol. The molecule has 3 nitrogen and oxygen atoms in total. The van der Waals surface area contributed by atoms with Gasteiger partial charge >= 0.3 is 6.36 Å². The Balaban J connectivity index is 0.00000136. The Morgan fingerprint density at radius 2 is 1.54 bits per heavy atom. The minimum Gasteiger partial charge on any atom is -0.406 e. The molecule has 3 rings (SSSR count). The number of hydrogen-bond acceptors (Lipinski definition) is 3. The molecule has 2 N–H and O–H groups in total. The van der Waals surface area contributed by atoms with E-state index in [9.17, 15) is 13.2 Å². The van der Waals surface area contributed by atoms with Crippen LogP contribution in [0.2, 0.25) is 0 Å². The third-order valence-electron chi connectivity index (χ3n) is 4.81. The molecule has 1 aliphatic rings. The van der Waals surface area contributed by atoms with Crippen molar-refractivity contribution in [3.05, 3.63) is 59.7 Å². The summed E-state index contributed by atoms with van der Waals surface area (Å²) in [6.45, 7) is 6.51. The van der Waals surface area contributed by atoms with Crippen LogP contribution in [0.1, 0.15) is 43.7 Å². The van der Waals surface area contributed by atoms with Crippen LogP contribution in [0.5, 0.6) is 5.75 Å². The summed E-state index contributed by atoms with van der Waals surface area (Å²) in [6.07, 6.45) is -1.81. The van der Waals surface area contributed by atoms with Crippen molar-refractivity contribution in [1.29, 1.82) is 0 Å². The smallest absolute Gasteiger partial charge is 0.406 e. The van der Waals surface area contributed by atoms with E-state index < -0.39 is 6.36 Å². The maximum absolute atomic E-state index is 12.2. The van der Waals surface area contributed by atoms with Crippen LogP contribution in [0.15, 0.2) is 48.5 Å². The molecule has 1 heterocycles. The third kappa shape index (κ3) is 6.44. The number of hydrogen-bond donors (Lipinski definition) is 1. The molecule has 0 aromatic heterocycles. The minimum absolute atomic E-state index is 0.170. The average molecular weight is 394 g/mol. The molecule has 0 bridgehead atoms. The highest BCUT2D eigenvalue weighted by Crippen LogP contribution is 2.32. The molecule has 0 saturated carbocycles. The van der Waals surface area contributed by atoms with Crippen LogP contribution in [0, 0.1) is 0 Å². The molecule has 1 fully saturated rings. The monoisotopic (exact) mass is 394 g/mol. The van der Waals surface area contributed by atoms with Crippen molar-refractivity contribution in [3.8, 4) is 5.75 Å². The van der Waals surface area contributed by atoms with Crippen LogP contribution in [0.4, 0.5) is 18.9 Å². The first kappa shape index (κ1) is 22.1. The molecule has 0 amide bonds. The van der Waals surface area contributed by atoms with E-state index in [0.29, 0.717) is 12.5 Å². The molecule has 6 heteroatoms. The van der Waals surface area contributed by atoms with E-state index in [1.165, 1.54) is 23.4 Å². The summed E-state index contributed by atoms with van der Waals surface area (Å²) >= 11 is 0.